The van der Waals surface area contributed by atoms with Crippen LogP contribution >= 0.6 is 0 Å². The fourth-order valence-electron chi connectivity index (χ4n) is 1.26. The largest absolute Gasteiger partial charge is 0.477 e. The fraction of sp³-hybridized carbons (Fsp3) is 0.385. The highest BCUT2D eigenvalue weighted by Gasteiger charge is 2.31. The number of ether oxygens (including phenoxy) is 2. The molecule has 0 radical (unpaired) electrons. The molecule has 0 amide bonds. The lowest BCUT2D eigenvalue weighted by Crippen LogP contribution is -2.39. The molecule has 0 aliphatic rings. The van der Waals surface area contributed by atoms with E-state index in [0.29, 0.717) is 18.0 Å². The fourth-order valence-corrected chi connectivity index (χ4v) is 1.26. The van der Waals surface area contributed by atoms with Crippen molar-refractivity contribution in [3.8, 4) is 5.75 Å². The van der Waals surface area contributed by atoms with Crippen LogP contribution in [0.5, 0.6) is 5.75 Å². The Morgan fingerprint density at radius 2 is 2.18 bits per heavy atom. The molecule has 90 valence electrons. The van der Waals surface area contributed by atoms with E-state index in [4.69, 9.17) is 16.0 Å². The predicted octanol–water partition coefficient (Wildman–Crippen LogP) is 2.96. The molecule has 1 aromatic carbocycles. The van der Waals surface area contributed by atoms with E-state index in [9.17, 15) is 4.79 Å². The molecule has 0 fully saturated rings. The molecule has 0 unspecified atom stereocenters. The second kappa shape index (κ2) is 5.35. The van der Waals surface area contributed by atoms with Gasteiger partial charge in [-0.1, -0.05) is 12.1 Å². The number of nitrogens with zero attached hydrogens (tertiary/aromatic N) is 1. The van der Waals surface area contributed by atoms with E-state index < -0.39 is 11.6 Å². The van der Waals surface area contributed by atoms with Crippen molar-refractivity contribution < 1.29 is 14.3 Å². The number of carbonyl (C=O) groups excluding carboxylic acids is 1. The lowest BCUT2D eigenvalue weighted by molar-refractivity contribution is -0.158. The first-order valence-electron chi connectivity index (χ1n) is 5.33. The molecule has 4 nitrogen and oxygen atoms in total. The summed E-state index contributed by atoms with van der Waals surface area (Å²) in [5.74, 6) is 0.0600. The summed E-state index contributed by atoms with van der Waals surface area (Å²) in [5, 5.41) is 0. The maximum atomic E-state index is 11.6. The first kappa shape index (κ1) is 13.0. The Morgan fingerprint density at radius 3 is 2.76 bits per heavy atom. The molecule has 0 aromatic heterocycles. The monoisotopic (exact) mass is 233 g/mol. The molecule has 0 spiro atoms. The van der Waals surface area contributed by atoms with Gasteiger partial charge in [0.25, 0.3) is 0 Å². The van der Waals surface area contributed by atoms with Crippen molar-refractivity contribution in [3.63, 3.8) is 0 Å². The number of esters is 1. The second-order valence-corrected chi connectivity index (χ2v) is 3.94. The average molecular weight is 233 g/mol. The third-order valence-corrected chi connectivity index (χ3v) is 2.09. The molecule has 0 atom stereocenters. The number of rotatable bonds is 4. The third kappa shape index (κ3) is 3.49. The van der Waals surface area contributed by atoms with Gasteiger partial charge in [-0.2, -0.15) is 0 Å². The Hall–Kier alpha value is -2.02. The predicted molar refractivity (Wildman–Crippen MR) is 64.0 cm³/mol. The zero-order valence-electron chi connectivity index (χ0n) is 10.2. The van der Waals surface area contributed by atoms with Gasteiger partial charge in [0, 0.05) is 0 Å². The molecule has 0 N–H and O–H groups in total. The highest BCUT2D eigenvalue weighted by atomic mass is 16.6. The lowest BCUT2D eigenvalue weighted by atomic mass is 10.1. The quantitative estimate of drug-likeness (QED) is 0.593. The normalized spacial score (nSPS) is 10.5. The average Bonchev–Trinajstić information content (AvgIpc) is 2.29. The van der Waals surface area contributed by atoms with Crippen LogP contribution < -0.4 is 4.74 Å². The molecule has 0 saturated heterocycles. The Kier molecular flexibility index (Phi) is 4.11. The molecule has 17 heavy (non-hydrogen) atoms. The van der Waals surface area contributed by atoms with E-state index in [2.05, 4.69) is 4.85 Å². The van der Waals surface area contributed by atoms with E-state index in [-0.39, 0.29) is 0 Å². The summed E-state index contributed by atoms with van der Waals surface area (Å²) in [6.45, 7) is 12.2. The van der Waals surface area contributed by atoms with Gasteiger partial charge < -0.3 is 9.47 Å². The van der Waals surface area contributed by atoms with Gasteiger partial charge in [-0.05, 0) is 32.9 Å². The molecule has 1 rings (SSSR count). The highest BCUT2D eigenvalue weighted by molar-refractivity contribution is 5.79. The molecular formula is C13H15NO3. The molecule has 0 aliphatic carbocycles. The lowest BCUT2D eigenvalue weighted by Gasteiger charge is -2.24. The first-order chi connectivity index (χ1) is 7.99. The Morgan fingerprint density at radius 1 is 1.47 bits per heavy atom. The van der Waals surface area contributed by atoms with Gasteiger partial charge >= 0.3 is 5.97 Å². The zero-order valence-corrected chi connectivity index (χ0v) is 10.2. The van der Waals surface area contributed by atoms with Gasteiger partial charge in [0.2, 0.25) is 0 Å². The van der Waals surface area contributed by atoms with Crippen molar-refractivity contribution >= 4 is 11.7 Å². The molecule has 0 heterocycles. The number of hydrogen-bond acceptors (Lipinski definition) is 3. The minimum atomic E-state index is -1.06. The minimum absolute atomic E-state index is 0.313. The van der Waals surface area contributed by atoms with E-state index in [1.807, 2.05) is 0 Å². The van der Waals surface area contributed by atoms with Crippen LogP contribution in [0.1, 0.15) is 20.8 Å². The molecule has 4 heteroatoms. The van der Waals surface area contributed by atoms with Gasteiger partial charge in [0.15, 0.2) is 11.3 Å². The van der Waals surface area contributed by atoms with Crippen LogP contribution in [-0.4, -0.2) is 18.2 Å². The Bertz CT molecular complexity index is 446. The van der Waals surface area contributed by atoms with Crippen molar-refractivity contribution in [2.45, 2.75) is 26.4 Å². The molecule has 0 bridgehead atoms. The maximum Gasteiger partial charge on any atom is 0.349 e. The summed E-state index contributed by atoms with van der Waals surface area (Å²) in [6.07, 6.45) is 0. The topological polar surface area (TPSA) is 39.9 Å². The van der Waals surface area contributed by atoms with Gasteiger partial charge in [0.05, 0.1) is 13.2 Å². The zero-order chi connectivity index (χ0) is 12.9. The van der Waals surface area contributed by atoms with Crippen LogP contribution in [0.3, 0.4) is 0 Å². The molecule has 0 aliphatic heterocycles. The first-order valence-corrected chi connectivity index (χ1v) is 5.33. The van der Waals surface area contributed by atoms with E-state index in [0.717, 1.165) is 0 Å². The van der Waals surface area contributed by atoms with Crippen LogP contribution in [0.4, 0.5) is 5.69 Å². The molecule has 1 aromatic rings. The van der Waals surface area contributed by atoms with E-state index in [1.165, 1.54) is 0 Å². The standard InChI is InChI=1S/C13H15NO3/c1-5-16-12(15)13(2,3)17-11-8-6-7-10(9-11)14-4/h6-9H,5H2,1-3H3. The van der Waals surface area contributed by atoms with Crippen LogP contribution in [0.15, 0.2) is 24.3 Å². The van der Waals surface area contributed by atoms with Gasteiger partial charge in [-0.15, -0.1) is 0 Å². The maximum absolute atomic E-state index is 11.6. The van der Waals surface area contributed by atoms with Gasteiger partial charge in [-0.25, -0.2) is 9.64 Å². The van der Waals surface area contributed by atoms with Crippen molar-refractivity contribution in [2.24, 2.45) is 0 Å². The minimum Gasteiger partial charge on any atom is -0.477 e. The summed E-state index contributed by atoms with van der Waals surface area (Å²) in [7, 11) is 0. The summed E-state index contributed by atoms with van der Waals surface area (Å²) < 4.78 is 10.5. The van der Waals surface area contributed by atoms with E-state index in [1.54, 1.807) is 45.0 Å². The summed E-state index contributed by atoms with van der Waals surface area (Å²) >= 11 is 0. The number of carbonyl (C=O) groups is 1. The Balaban J connectivity index is 2.82. The number of benzene rings is 1. The van der Waals surface area contributed by atoms with E-state index >= 15 is 0 Å². The van der Waals surface area contributed by atoms with Crippen molar-refractivity contribution in [1.82, 2.24) is 0 Å². The summed E-state index contributed by atoms with van der Waals surface area (Å²) in [4.78, 5) is 14.9. The molecule has 0 saturated carbocycles. The van der Waals surface area contributed by atoms with Crippen molar-refractivity contribution in [2.75, 3.05) is 6.61 Å². The second-order valence-electron chi connectivity index (χ2n) is 3.94. The SMILES string of the molecule is [C-]#[N+]c1cccc(OC(C)(C)C(=O)OCC)c1. The summed E-state index contributed by atoms with van der Waals surface area (Å²) in [6, 6.07) is 6.69. The number of hydrogen-bond donors (Lipinski definition) is 0. The Labute approximate surface area is 101 Å². The van der Waals surface area contributed by atoms with Crippen LogP contribution in [-0.2, 0) is 9.53 Å². The van der Waals surface area contributed by atoms with Gasteiger partial charge in [0.1, 0.15) is 5.75 Å². The van der Waals surface area contributed by atoms with Crippen LogP contribution in [0.2, 0.25) is 0 Å². The van der Waals surface area contributed by atoms with Crippen molar-refractivity contribution in [1.29, 1.82) is 0 Å². The summed E-state index contributed by atoms with van der Waals surface area (Å²) in [5.41, 5.74) is -0.585. The van der Waals surface area contributed by atoms with Crippen LogP contribution in [0, 0.1) is 6.57 Å². The third-order valence-electron chi connectivity index (χ3n) is 2.09. The smallest absolute Gasteiger partial charge is 0.349 e. The highest BCUT2D eigenvalue weighted by Crippen LogP contribution is 2.24. The van der Waals surface area contributed by atoms with Gasteiger partial charge in [-0.3, -0.25) is 0 Å². The van der Waals surface area contributed by atoms with Crippen LogP contribution in [0.25, 0.3) is 4.85 Å². The molecular weight excluding hydrogens is 218 g/mol. The van der Waals surface area contributed by atoms with Crippen molar-refractivity contribution in [3.05, 3.63) is 35.7 Å².